The lowest BCUT2D eigenvalue weighted by atomic mass is 10.2. The van der Waals surface area contributed by atoms with Gasteiger partial charge in [0.2, 0.25) is 5.91 Å². The molecule has 0 radical (unpaired) electrons. The van der Waals surface area contributed by atoms with E-state index in [-0.39, 0.29) is 23.5 Å². The number of carbonyl (C=O) groups is 1. The van der Waals surface area contributed by atoms with E-state index in [0.717, 1.165) is 5.56 Å². The van der Waals surface area contributed by atoms with Crippen LogP contribution in [-0.2, 0) is 11.2 Å². The molecule has 0 atom stereocenters. The van der Waals surface area contributed by atoms with Gasteiger partial charge < -0.3 is 0 Å². The highest BCUT2D eigenvalue weighted by atomic mass is 32.1. The number of aromatic nitrogens is 1. The monoisotopic (exact) mass is 384 g/mol. The predicted octanol–water partition coefficient (Wildman–Crippen LogP) is 3.55. The average molecular weight is 384 g/mol. The van der Waals surface area contributed by atoms with Crippen LogP contribution in [0.1, 0.15) is 11.3 Å². The molecule has 0 fully saturated rings. The third-order valence-corrected chi connectivity index (χ3v) is 4.45. The van der Waals surface area contributed by atoms with Crippen molar-refractivity contribution in [2.45, 2.75) is 6.42 Å². The fraction of sp³-hybridized carbons (Fsp3) is 0.0556. The number of rotatable bonds is 6. The molecule has 1 N–H and O–H groups in total. The van der Waals surface area contributed by atoms with E-state index in [4.69, 9.17) is 0 Å². The minimum atomic E-state index is -0.518. The van der Waals surface area contributed by atoms with Crippen molar-refractivity contribution in [3.8, 4) is 10.6 Å². The van der Waals surface area contributed by atoms with Gasteiger partial charge in [0.1, 0.15) is 10.8 Å². The van der Waals surface area contributed by atoms with Gasteiger partial charge in [0, 0.05) is 17.0 Å². The van der Waals surface area contributed by atoms with Crippen LogP contribution in [0.5, 0.6) is 0 Å². The van der Waals surface area contributed by atoms with E-state index in [1.807, 2.05) is 0 Å². The van der Waals surface area contributed by atoms with E-state index in [1.54, 1.807) is 29.6 Å². The molecule has 9 heteroatoms. The number of hydrazone groups is 1. The minimum absolute atomic E-state index is 0.00587. The maximum absolute atomic E-state index is 13.0. The van der Waals surface area contributed by atoms with Crippen molar-refractivity contribution in [2.75, 3.05) is 0 Å². The van der Waals surface area contributed by atoms with Gasteiger partial charge in [-0.3, -0.25) is 14.9 Å². The first-order chi connectivity index (χ1) is 13.0. The van der Waals surface area contributed by atoms with E-state index in [0.29, 0.717) is 10.7 Å². The summed E-state index contributed by atoms with van der Waals surface area (Å²) < 4.78 is 13.0. The molecule has 0 bridgehead atoms. The minimum Gasteiger partial charge on any atom is -0.273 e. The highest BCUT2D eigenvalue weighted by Crippen LogP contribution is 2.24. The van der Waals surface area contributed by atoms with Crippen LogP contribution in [-0.4, -0.2) is 22.0 Å². The molecular weight excluding hydrogens is 371 g/mol. The smallest absolute Gasteiger partial charge is 0.273 e. The standard InChI is InChI=1S/C18H13FN4O3S/c19-14-7-5-12(6-8-14)18-21-15(11-27-18)9-17(24)22-20-10-13-3-1-2-4-16(13)23(25)26/h1-8,10-11H,9H2,(H,22,24)/b20-10-. The van der Waals surface area contributed by atoms with Crippen molar-refractivity contribution >= 4 is 29.1 Å². The van der Waals surface area contributed by atoms with Crippen molar-refractivity contribution in [2.24, 2.45) is 5.10 Å². The Balaban J connectivity index is 1.60. The number of nitrogens with zero attached hydrogens (tertiary/aromatic N) is 3. The van der Waals surface area contributed by atoms with E-state index >= 15 is 0 Å². The normalized spacial score (nSPS) is 10.9. The molecule has 0 saturated heterocycles. The molecule has 27 heavy (non-hydrogen) atoms. The highest BCUT2D eigenvalue weighted by Gasteiger charge is 2.11. The second-order valence-corrected chi connectivity index (χ2v) is 6.29. The van der Waals surface area contributed by atoms with Crippen LogP contribution >= 0.6 is 11.3 Å². The van der Waals surface area contributed by atoms with E-state index < -0.39 is 10.8 Å². The van der Waals surface area contributed by atoms with Gasteiger partial charge in [0.25, 0.3) is 5.69 Å². The van der Waals surface area contributed by atoms with Crippen LogP contribution in [0, 0.1) is 15.9 Å². The third-order valence-electron chi connectivity index (χ3n) is 3.51. The molecule has 0 aliphatic carbocycles. The Bertz CT molecular complexity index is 1000. The third kappa shape index (κ3) is 4.79. The number of hydrogen-bond acceptors (Lipinski definition) is 6. The van der Waals surface area contributed by atoms with Crippen LogP contribution in [0.4, 0.5) is 10.1 Å². The average Bonchev–Trinajstić information content (AvgIpc) is 3.11. The summed E-state index contributed by atoms with van der Waals surface area (Å²) in [4.78, 5) is 26.7. The van der Waals surface area contributed by atoms with Crippen LogP contribution in [0.2, 0.25) is 0 Å². The van der Waals surface area contributed by atoms with Crippen molar-refractivity contribution < 1.29 is 14.1 Å². The lowest BCUT2D eigenvalue weighted by Crippen LogP contribution is -2.20. The predicted molar refractivity (Wildman–Crippen MR) is 100 cm³/mol. The number of nitro benzene ring substituents is 1. The van der Waals surface area contributed by atoms with Crippen molar-refractivity contribution in [1.82, 2.24) is 10.4 Å². The topological polar surface area (TPSA) is 97.5 Å². The Hall–Kier alpha value is -3.46. The highest BCUT2D eigenvalue weighted by molar-refractivity contribution is 7.13. The molecule has 7 nitrogen and oxygen atoms in total. The molecule has 1 aromatic heterocycles. The number of nitro groups is 1. The number of benzene rings is 2. The maximum Gasteiger partial charge on any atom is 0.278 e. The zero-order chi connectivity index (χ0) is 19.2. The molecule has 3 aromatic rings. The second kappa shape index (κ2) is 8.28. The lowest BCUT2D eigenvalue weighted by Gasteiger charge is -1.98. The summed E-state index contributed by atoms with van der Waals surface area (Å²) in [6.07, 6.45) is 1.23. The van der Waals surface area contributed by atoms with Gasteiger partial charge in [-0.1, -0.05) is 12.1 Å². The summed E-state index contributed by atoms with van der Waals surface area (Å²) in [6, 6.07) is 12.0. The first-order valence-electron chi connectivity index (χ1n) is 7.78. The Kier molecular flexibility index (Phi) is 5.62. The van der Waals surface area contributed by atoms with Gasteiger partial charge in [-0.15, -0.1) is 11.3 Å². The molecule has 136 valence electrons. The summed E-state index contributed by atoms with van der Waals surface area (Å²) in [5.41, 5.74) is 3.83. The lowest BCUT2D eigenvalue weighted by molar-refractivity contribution is -0.385. The number of para-hydroxylation sites is 1. The quantitative estimate of drug-likeness (QED) is 0.399. The summed E-state index contributed by atoms with van der Waals surface area (Å²) in [6.45, 7) is 0. The number of carbonyl (C=O) groups excluding carboxylic acids is 1. The zero-order valence-electron chi connectivity index (χ0n) is 13.8. The molecular formula is C18H13FN4O3S. The van der Waals surface area contributed by atoms with Gasteiger partial charge in [-0.25, -0.2) is 14.8 Å². The molecule has 1 heterocycles. The molecule has 0 aliphatic heterocycles. The Morgan fingerprint density at radius 2 is 2.00 bits per heavy atom. The fourth-order valence-corrected chi connectivity index (χ4v) is 3.08. The number of thiazole rings is 1. The number of amides is 1. The van der Waals surface area contributed by atoms with E-state index in [2.05, 4.69) is 15.5 Å². The van der Waals surface area contributed by atoms with E-state index in [1.165, 1.54) is 41.8 Å². The van der Waals surface area contributed by atoms with Gasteiger partial charge in [-0.05, 0) is 30.3 Å². The summed E-state index contributed by atoms with van der Waals surface area (Å²) in [7, 11) is 0. The van der Waals surface area contributed by atoms with Gasteiger partial charge in [-0.2, -0.15) is 5.10 Å². The molecule has 3 rings (SSSR count). The Morgan fingerprint density at radius 3 is 2.74 bits per heavy atom. The van der Waals surface area contributed by atoms with Crippen LogP contribution < -0.4 is 5.43 Å². The van der Waals surface area contributed by atoms with Gasteiger partial charge >= 0.3 is 0 Å². The molecule has 0 aliphatic rings. The molecule has 1 amide bonds. The van der Waals surface area contributed by atoms with E-state index in [9.17, 15) is 19.3 Å². The first-order valence-corrected chi connectivity index (χ1v) is 8.66. The van der Waals surface area contributed by atoms with Gasteiger partial charge in [0.15, 0.2) is 0 Å². The Morgan fingerprint density at radius 1 is 1.26 bits per heavy atom. The van der Waals surface area contributed by atoms with Crippen molar-refractivity contribution in [3.63, 3.8) is 0 Å². The molecule has 0 saturated carbocycles. The Labute approximate surface area is 157 Å². The molecule has 0 unspecified atom stereocenters. The molecule has 0 spiro atoms. The second-order valence-electron chi connectivity index (χ2n) is 5.44. The van der Waals surface area contributed by atoms with Crippen molar-refractivity contribution in [3.05, 3.63) is 81.1 Å². The van der Waals surface area contributed by atoms with Crippen molar-refractivity contribution in [1.29, 1.82) is 0 Å². The van der Waals surface area contributed by atoms with Gasteiger partial charge in [0.05, 0.1) is 28.8 Å². The number of halogens is 1. The number of nitrogens with one attached hydrogen (secondary N) is 1. The SMILES string of the molecule is O=C(Cc1csc(-c2ccc(F)cc2)n1)N/N=C\c1ccccc1[N+](=O)[O-]. The largest absolute Gasteiger partial charge is 0.278 e. The van der Waals surface area contributed by atoms with Crippen LogP contribution in [0.3, 0.4) is 0 Å². The first kappa shape index (κ1) is 18.3. The van der Waals surface area contributed by atoms with Crippen LogP contribution in [0.15, 0.2) is 59.0 Å². The summed E-state index contributed by atoms with van der Waals surface area (Å²) in [5, 5.41) is 17.1. The maximum atomic E-state index is 13.0. The number of hydrogen-bond donors (Lipinski definition) is 1. The summed E-state index contributed by atoms with van der Waals surface area (Å²) in [5.74, 6) is -0.729. The summed E-state index contributed by atoms with van der Waals surface area (Å²) >= 11 is 1.35. The van der Waals surface area contributed by atoms with Crippen LogP contribution in [0.25, 0.3) is 10.6 Å². The fourth-order valence-electron chi connectivity index (χ4n) is 2.25. The molecule has 2 aromatic carbocycles. The zero-order valence-corrected chi connectivity index (χ0v) is 14.6.